The number of nitrogens with zero attached hydrogens (tertiary/aromatic N) is 4. The van der Waals surface area contributed by atoms with Crippen LogP contribution in [-0.4, -0.2) is 132 Å². The van der Waals surface area contributed by atoms with Crippen molar-refractivity contribution in [2.24, 2.45) is 0 Å². The summed E-state index contributed by atoms with van der Waals surface area (Å²) in [6.45, 7) is 5.28. The van der Waals surface area contributed by atoms with Gasteiger partial charge in [0.05, 0.1) is 12.0 Å². The van der Waals surface area contributed by atoms with Crippen LogP contribution in [0, 0.1) is 0 Å². The number of thiocarbonyl (C=S) groups is 1. The maximum Gasteiger partial charge on any atom is 0.320 e. The fourth-order valence-corrected chi connectivity index (χ4v) is 4.27. The second-order valence-electron chi connectivity index (χ2n) is 9.44. The lowest BCUT2D eigenvalue weighted by atomic mass is 10.1. The second kappa shape index (κ2) is 16.3. The van der Waals surface area contributed by atoms with Gasteiger partial charge in [-0.05, 0) is 38.2 Å². The van der Waals surface area contributed by atoms with Crippen molar-refractivity contribution < 1.29 is 24.6 Å². The standard InChI is InChI=1S/C25H40N6O5S/c1-28-9-10-29(2)12-15-31(16-14-30(13-11-28)18-24(33)34)22(25(35)36)7-8-23(32)26-17-20-3-5-21(6-4-20)27-19-37/h3-6,19,22H,7-18H2,1-2H3,(H,26,32)(H,27,37)(H,33,34)(H,35,36). The zero-order chi connectivity index (χ0) is 27.2. The molecule has 0 radical (unpaired) electrons. The molecular formula is C25H40N6O5S. The summed E-state index contributed by atoms with van der Waals surface area (Å²) < 4.78 is 0. The Morgan fingerprint density at radius 3 is 2.11 bits per heavy atom. The van der Waals surface area contributed by atoms with Crippen LogP contribution >= 0.6 is 12.2 Å². The lowest BCUT2D eigenvalue weighted by Crippen LogP contribution is -2.50. The first-order valence-corrected chi connectivity index (χ1v) is 13.0. The van der Waals surface area contributed by atoms with Gasteiger partial charge in [0.2, 0.25) is 5.91 Å². The molecule has 1 atom stereocenters. The number of aliphatic carboxylic acids is 2. The predicted molar refractivity (Wildman–Crippen MR) is 147 cm³/mol. The zero-order valence-electron chi connectivity index (χ0n) is 21.8. The largest absolute Gasteiger partial charge is 0.480 e. The van der Waals surface area contributed by atoms with Gasteiger partial charge >= 0.3 is 11.9 Å². The highest BCUT2D eigenvalue weighted by atomic mass is 32.1. The van der Waals surface area contributed by atoms with Crippen LogP contribution in [0.2, 0.25) is 0 Å². The first-order chi connectivity index (χ1) is 17.7. The fraction of sp³-hybridized carbons (Fsp3) is 0.600. The van der Waals surface area contributed by atoms with E-state index in [-0.39, 0.29) is 25.3 Å². The van der Waals surface area contributed by atoms with Crippen LogP contribution in [0.1, 0.15) is 18.4 Å². The number of hydrogen-bond donors (Lipinski definition) is 4. The molecule has 4 N–H and O–H groups in total. The molecule has 2 rings (SSSR count). The Balaban J connectivity index is 1.98. The molecule has 1 fully saturated rings. The van der Waals surface area contributed by atoms with E-state index in [1.54, 1.807) is 0 Å². The van der Waals surface area contributed by atoms with Gasteiger partial charge in [-0.2, -0.15) is 0 Å². The molecule has 0 aliphatic carbocycles. The van der Waals surface area contributed by atoms with Crippen molar-refractivity contribution in [1.82, 2.24) is 24.9 Å². The summed E-state index contributed by atoms with van der Waals surface area (Å²) in [7, 11) is 4.03. The summed E-state index contributed by atoms with van der Waals surface area (Å²) in [5, 5.41) is 25.1. The predicted octanol–water partition coefficient (Wildman–Crippen LogP) is 0.471. The van der Waals surface area contributed by atoms with Gasteiger partial charge in [-0.15, -0.1) is 0 Å². The number of carbonyl (C=O) groups is 3. The van der Waals surface area contributed by atoms with Crippen molar-refractivity contribution in [2.45, 2.75) is 25.4 Å². The van der Waals surface area contributed by atoms with Gasteiger partial charge in [-0.25, -0.2) is 0 Å². The number of amides is 1. The van der Waals surface area contributed by atoms with Gasteiger partial charge in [-0.3, -0.25) is 24.2 Å². The monoisotopic (exact) mass is 536 g/mol. The van der Waals surface area contributed by atoms with Crippen LogP contribution in [0.3, 0.4) is 0 Å². The number of likely N-dealkylation sites (N-methyl/N-ethyl adjacent to an activating group) is 2. The van der Waals surface area contributed by atoms with Gasteiger partial charge in [-0.1, -0.05) is 24.4 Å². The van der Waals surface area contributed by atoms with Crippen molar-refractivity contribution in [3.8, 4) is 0 Å². The molecule has 37 heavy (non-hydrogen) atoms. The highest BCUT2D eigenvalue weighted by Crippen LogP contribution is 2.11. The van der Waals surface area contributed by atoms with Gasteiger partial charge in [0, 0.05) is 71.0 Å². The molecule has 1 aliphatic heterocycles. The summed E-state index contributed by atoms with van der Waals surface area (Å²) in [5.74, 6) is -2.10. The van der Waals surface area contributed by atoms with E-state index in [9.17, 15) is 24.6 Å². The van der Waals surface area contributed by atoms with Crippen LogP contribution in [0.15, 0.2) is 24.3 Å². The van der Waals surface area contributed by atoms with Gasteiger partial charge in [0.25, 0.3) is 0 Å². The van der Waals surface area contributed by atoms with E-state index in [4.69, 9.17) is 12.2 Å². The lowest BCUT2D eigenvalue weighted by molar-refractivity contribution is -0.144. The van der Waals surface area contributed by atoms with Crippen LogP contribution in [0.4, 0.5) is 5.69 Å². The van der Waals surface area contributed by atoms with E-state index in [0.717, 1.165) is 30.9 Å². The summed E-state index contributed by atoms with van der Waals surface area (Å²) in [4.78, 5) is 44.1. The minimum atomic E-state index is -0.978. The lowest BCUT2D eigenvalue weighted by Gasteiger charge is -2.34. The van der Waals surface area contributed by atoms with E-state index in [2.05, 4.69) is 20.4 Å². The molecule has 0 bridgehead atoms. The smallest absolute Gasteiger partial charge is 0.320 e. The zero-order valence-corrected chi connectivity index (χ0v) is 22.6. The van der Waals surface area contributed by atoms with Crippen LogP contribution in [0.5, 0.6) is 0 Å². The van der Waals surface area contributed by atoms with Crippen LogP contribution < -0.4 is 10.6 Å². The number of benzene rings is 1. The number of anilines is 1. The minimum Gasteiger partial charge on any atom is -0.480 e. The SMILES string of the molecule is CN1CCN(C)CCN(C(CCC(=O)NCc2ccc(NC=S)cc2)C(=O)O)CCN(CC(=O)O)CC1. The topological polar surface area (TPSA) is 129 Å². The Labute approximate surface area is 224 Å². The van der Waals surface area contributed by atoms with E-state index in [1.807, 2.05) is 48.2 Å². The summed E-state index contributed by atoms with van der Waals surface area (Å²) in [6, 6.07) is 6.66. The Hall–Kier alpha value is -2.64. The van der Waals surface area contributed by atoms with Crippen molar-refractivity contribution >= 4 is 41.2 Å². The molecule has 0 spiro atoms. The molecular weight excluding hydrogens is 496 g/mol. The minimum absolute atomic E-state index is 0.0808. The highest BCUT2D eigenvalue weighted by molar-refractivity contribution is 7.79. The first-order valence-electron chi connectivity index (χ1n) is 12.5. The summed E-state index contributed by atoms with van der Waals surface area (Å²) in [5.41, 5.74) is 3.21. The van der Waals surface area contributed by atoms with Crippen molar-refractivity contribution in [2.75, 3.05) is 78.3 Å². The quantitative estimate of drug-likeness (QED) is 0.295. The Morgan fingerprint density at radius 2 is 1.51 bits per heavy atom. The number of hydrogen-bond acceptors (Lipinski definition) is 8. The molecule has 0 aromatic heterocycles. The molecule has 1 amide bonds. The highest BCUT2D eigenvalue weighted by Gasteiger charge is 2.27. The number of carboxylic acids is 2. The molecule has 11 nitrogen and oxygen atoms in total. The molecule has 1 aromatic rings. The third kappa shape index (κ3) is 12.0. The molecule has 1 unspecified atom stereocenters. The number of rotatable bonds is 11. The van der Waals surface area contributed by atoms with Gasteiger partial charge in [0.1, 0.15) is 6.04 Å². The number of carboxylic acid groups (broad SMARTS) is 2. The Morgan fingerprint density at radius 1 is 0.946 bits per heavy atom. The third-order valence-corrected chi connectivity index (χ3v) is 6.65. The third-order valence-electron chi connectivity index (χ3n) is 6.53. The van der Waals surface area contributed by atoms with Crippen LogP contribution in [0.25, 0.3) is 0 Å². The maximum atomic E-state index is 12.5. The molecule has 1 heterocycles. The fourth-order valence-electron chi connectivity index (χ4n) is 4.14. The molecule has 12 heteroatoms. The summed E-state index contributed by atoms with van der Waals surface area (Å²) in [6.07, 6.45) is 0.252. The Kier molecular flexibility index (Phi) is 13.4. The number of carbonyl (C=O) groups excluding carboxylic acids is 1. The van der Waals surface area contributed by atoms with Gasteiger partial charge < -0.3 is 30.6 Å². The average Bonchev–Trinajstić information content (AvgIpc) is 2.85. The number of nitrogens with one attached hydrogen (secondary N) is 2. The average molecular weight is 537 g/mol. The van der Waals surface area contributed by atoms with E-state index >= 15 is 0 Å². The summed E-state index contributed by atoms with van der Waals surface area (Å²) >= 11 is 4.77. The maximum absolute atomic E-state index is 12.5. The molecule has 0 saturated carbocycles. The Bertz CT molecular complexity index is 887. The first kappa shape index (κ1) is 30.6. The molecule has 1 saturated heterocycles. The molecule has 1 aromatic carbocycles. The van der Waals surface area contributed by atoms with E-state index in [0.29, 0.717) is 39.3 Å². The van der Waals surface area contributed by atoms with Crippen molar-refractivity contribution in [3.05, 3.63) is 29.8 Å². The normalized spacial score (nSPS) is 18.2. The van der Waals surface area contributed by atoms with Crippen molar-refractivity contribution in [1.29, 1.82) is 0 Å². The molecule has 206 valence electrons. The van der Waals surface area contributed by atoms with Crippen molar-refractivity contribution in [3.63, 3.8) is 0 Å². The van der Waals surface area contributed by atoms with Crippen LogP contribution in [-0.2, 0) is 20.9 Å². The second-order valence-corrected chi connectivity index (χ2v) is 9.68. The molecule has 1 aliphatic rings. The van der Waals surface area contributed by atoms with Gasteiger partial charge in [0.15, 0.2) is 0 Å². The van der Waals surface area contributed by atoms with E-state index in [1.165, 1.54) is 5.49 Å². The van der Waals surface area contributed by atoms with E-state index < -0.39 is 18.0 Å².